The van der Waals surface area contributed by atoms with Gasteiger partial charge in [-0.05, 0) is 42.8 Å². The summed E-state index contributed by atoms with van der Waals surface area (Å²) in [6.45, 7) is 3.52. The Bertz CT molecular complexity index is 1960. The normalized spacial score (nSPS) is 14.8. The largest absolute Gasteiger partial charge is 0.496 e. The van der Waals surface area contributed by atoms with E-state index in [1.165, 1.54) is 44.1 Å². The predicted octanol–water partition coefficient (Wildman–Crippen LogP) is 3.89. The number of ether oxygens (including phenoxy) is 4. The zero-order chi connectivity index (χ0) is 30.1. The van der Waals surface area contributed by atoms with Gasteiger partial charge in [-0.25, -0.2) is 9.79 Å². The Morgan fingerprint density at radius 1 is 1.07 bits per heavy atom. The summed E-state index contributed by atoms with van der Waals surface area (Å²) in [6, 6.07) is 13.0. The number of nitro groups is 1. The van der Waals surface area contributed by atoms with Crippen molar-refractivity contribution in [3.63, 3.8) is 0 Å². The van der Waals surface area contributed by atoms with E-state index in [2.05, 4.69) is 4.99 Å². The summed E-state index contributed by atoms with van der Waals surface area (Å²) in [5.74, 6) is 0.311. The Balaban J connectivity index is 1.85. The smallest absolute Gasteiger partial charge is 0.338 e. The minimum absolute atomic E-state index is 0.127. The van der Waals surface area contributed by atoms with Gasteiger partial charge < -0.3 is 18.9 Å². The number of hydrogen-bond acceptors (Lipinski definition) is 10. The van der Waals surface area contributed by atoms with E-state index in [4.69, 9.17) is 18.9 Å². The molecule has 0 unspecified atom stereocenters. The van der Waals surface area contributed by atoms with Gasteiger partial charge >= 0.3 is 5.97 Å². The lowest BCUT2D eigenvalue weighted by molar-refractivity contribution is -0.385. The molecule has 42 heavy (non-hydrogen) atoms. The molecule has 4 aromatic rings. The lowest BCUT2D eigenvalue weighted by atomic mass is 9.90. The van der Waals surface area contributed by atoms with Crippen LogP contribution in [-0.2, 0) is 9.53 Å². The minimum atomic E-state index is -0.941. The second kappa shape index (κ2) is 11.5. The van der Waals surface area contributed by atoms with Gasteiger partial charge in [0, 0.05) is 5.56 Å². The lowest BCUT2D eigenvalue weighted by Crippen LogP contribution is -2.40. The van der Waals surface area contributed by atoms with Crippen molar-refractivity contribution in [2.24, 2.45) is 4.99 Å². The van der Waals surface area contributed by atoms with E-state index in [9.17, 15) is 19.7 Å². The second-order valence-electron chi connectivity index (χ2n) is 9.23. The molecule has 1 aliphatic rings. The summed E-state index contributed by atoms with van der Waals surface area (Å²) in [4.78, 5) is 43.9. The van der Waals surface area contributed by atoms with Gasteiger partial charge in [-0.2, -0.15) is 0 Å². The van der Waals surface area contributed by atoms with Gasteiger partial charge in [0.15, 0.2) is 16.3 Å². The topological polar surface area (TPSA) is 131 Å². The SMILES string of the molecule is CCOC(=O)C1=C(C)N=c2s/c(=C\c3cc(OC)c(OC)cc3[N+](=O)[O-])c(=O)n2[C@H]1c1c(OC)ccc2ccccc12. The second-order valence-corrected chi connectivity index (χ2v) is 10.2. The van der Waals surface area contributed by atoms with Gasteiger partial charge in [0.2, 0.25) is 0 Å². The highest BCUT2D eigenvalue weighted by Crippen LogP contribution is 2.40. The predicted molar refractivity (Wildman–Crippen MR) is 157 cm³/mol. The number of methoxy groups -OCH3 is 3. The maximum Gasteiger partial charge on any atom is 0.338 e. The first kappa shape index (κ1) is 28.6. The summed E-state index contributed by atoms with van der Waals surface area (Å²) in [7, 11) is 4.32. The number of carbonyl (C=O) groups is 1. The number of allylic oxidation sites excluding steroid dienone is 1. The maximum atomic E-state index is 14.2. The monoisotopic (exact) mass is 589 g/mol. The molecule has 0 saturated heterocycles. The number of nitrogens with zero attached hydrogens (tertiary/aromatic N) is 3. The molecule has 0 amide bonds. The molecular formula is C30H27N3O8S. The zero-order valence-corrected chi connectivity index (χ0v) is 24.3. The Labute approximate surface area is 243 Å². The Morgan fingerprint density at radius 3 is 2.43 bits per heavy atom. The molecule has 0 bridgehead atoms. The number of rotatable bonds is 8. The molecule has 12 heteroatoms. The molecule has 0 N–H and O–H groups in total. The molecule has 1 aromatic heterocycles. The highest BCUT2D eigenvalue weighted by atomic mass is 32.1. The number of aromatic nitrogens is 1. The molecule has 2 heterocycles. The van der Waals surface area contributed by atoms with Crippen LogP contribution in [0.25, 0.3) is 16.8 Å². The molecule has 1 atom stereocenters. The molecule has 216 valence electrons. The van der Waals surface area contributed by atoms with Crippen molar-refractivity contribution in [2.75, 3.05) is 27.9 Å². The highest BCUT2D eigenvalue weighted by molar-refractivity contribution is 7.07. The fourth-order valence-electron chi connectivity index (χ4n) is 5.10. The fourth-order valence-corrected chi connectivity index (χ4v) is 6.14. The van der Waals surface area contributed by atoms with Gasteiger partial charge in [0.25, 0.3) is 11.2 Å². The summed E-state index contributed by atoms with van der Waals surface area (Å²) < 4.78 is 23.3. The van der Waals surface area contributed by atoms with Crippen LogP contribution in [0.15, 0.2) is 69.6 Å². The molecule has 1 aliphatic heterocycles. The van der Waals surface area contributed by atoms with Crippen LogP contribution in [0.2, 0.25) is 0 Å². The lowest BCUT2D eigenvalue weighted by Gasteiger charge is -2.27. The molecule has 0 aliphatic carbocycles. The molecule has 3 aromatic carbocycles. The molecule has 11 nitrogen and oxygen atoms in total. The van der Waals surface area contributed by atoms with Crippen molar-refractivity contribution in [2.45, 2.75) is 19.9 Å². The summed E-state index contributed by atoms with van der Waals surface area (Å²) in [5, 5.41) is 13.6. The summed E-state index contributed by atoms with van der Waals surface area (Å²) in [5.41, 5.74) is 0.563. The van der Waals surface area contributed by atoms with E-state index in [0.29, 0.717) is 21.8 Å². The van der Waals surface area contributed by atoms with Gasteiger partial charge in [-0.3, -0.25) is 19.5 Å². The third-order valence-corrected chi connectivity index (χ3v) is 7.94. The first-order valence-electron chi connectivity index (χ1n) is 12.9. The van der Waals surface area contributed by atoms with Crippen LogP contribution < -0.4 is 29.1 Å². The van der Waals surface area contributed by atoms with Gasteiger partial charge in [-0.1, -0.05) is 41.7 Å². The third kappa shape index (κ3) is 4.79. The van der Waals surface area contributed by atoms with Crippen LogP contribution in [0.3, 0.4) is 0 Å². The first-order valence-corrected chi connectivity index (χ1v) is 13.7. The van der Waals surface area contributed by atoms with Gasteiger partial charge in [0.05, 0.1) is 60.3 Å². The average Bonchev–Trinajstić information content (AvgIpc) is 3.29. The summed E-state index contributed by atoms with van der Waals surface area (Å²) >= 11 is 1.06. The van der Waals surface area contributed by atoms with Crippen LogP contribution in [0.4, 0.5) is 5.69 Å². The summed E-state index contributed by atoms with van der Waals surface area (Å²) in [6.07, 6.45) is 1.42. The molecular weight excluding hydrogens is 562 g/mol. The van der Waals surface area contributed by atoms with Gasteiger partial charge in [-0.15, -0.1) is 0 Å². The van der Waals surface area contributed by atoms with Gasteiger partial charge in [0.1, 0.15) is 11.8 Å². The van der Waals surface area contributed by atoms with E-state index < -0.39 is 22.5 Å². The number of nitro benzene ring substituents is 1. The minimum Gasteiger partial charge on any atom is -0.496 e. The van der Waals surface area contributed by atoms with Crippen LogP contribution in [0.5, 0.6) is 17.2 Å². The van der Waals surface area contributed by atoms with Crippen LogP contribution in [0.1, 0.15) is 31.0 Å². The van der Waals surface area contributed by atoms with E-state index in [1.54, 1.807) is 19.9 Å². The van der Waals surface area contributed by atoms with E-state index in [-0.39, 0.29) is 39.5 Å². The zero-order valence-electron chi connectivity index (χ0n) is 23.5. The Kier molecular flexibility index (Phi) is 7.81. The number of fused-ring (bicyclic) bond motifs is 2. The number of benzene rings is 3. The van der Waals surface area contributed by atoms with Crippen molar-refractivity contribution in [1.82, 2.24) is 4.57 Å². The van der Waals surface area contributed by atoms with E-state index in [0.717, 1.165) is 22.1 Å². The van der Waals surface area contributed by atoms with Crippen LogP contribution in [0, 0.1) is 10.1 Å². The van der Waals surface area contributed by atoms with E-state index >= 15 is 0 Å². The number of esters is 1. The van der Waals surface area contributed by atoms with Crippen molar-refractivity contribution in [3.05, 3.63) is 101 Å². The van der Waals surface area contributed by atoms with Crippen molar-refractivity contribution >= 4 is 39.8 Å². The van der Waals surface area contributed by atoms with Crippen molar-refractivity contribution in [1.29, 1.82) is 0 Å². The first-order chi connectivity index (χ1) is 20.2. The molecule has 0 radical (unpaired) electrons. The molecule has 5 rings (SSSR count). The molecule has 0 saturated carbocycles. The maximum absolute atomic E-state index is 14.2. The standard InChI is InChI=1S/C30H27N3O8S/c1-6-41-29(35)25-16(2)31-30-32(27(25)26-19-10-8-7-9-17(19)11-12-21(26)38-3)28(34)24(42-30)14-18-13-22(39-4)23(40-5)15-20(18)33(36)37/h7-15,27H,6H2,1-5H3/b24-14-/t27-/m1/s1. The van der Waals surface area contributed by atoms with Crippen LogP contribution >= 0.6 is 11.3 Å². The fraction of sp³-hybridized carbons (Fsp3) is 0.233. The quantitative estimate of drug-likeness (QED) is 0.172. The van der Waals surface area contributed by atoms with E-state index in [1.807, 2.05) is 30.3 Å². The Hall–Kier alpha value is -4.97. The third-order valence-electron chi connectivity index (χ3n) is 6.96. The van der Waals surface area contributed by atoms with Crippen molar-refractivity contribution < 1.29 is 28.7 Å². The number of thiazole rings is 1. The average molecular weight is 590 g/mol. The van der Waals surface area contributed by atoms with Crippen molar-refractivity contribution in [3.8, 4) is 17.2 Å². The molecule has 0 fully saturated rings. The number of hydrogen-bond donors (Lipinski definition) is 0. The molecule has 0 spiro atoms. The highest BCUT2D eigenvalue weighted by Gasteiger charge is 2.36. The number of carbonyl (C=O) groups excluding carboxylic acids is 1. The Morgan fingerprint density at radius 2 is 1.76 bits per heavy atom. The van der Waals surface area contributed by atoms with Crippen LogP contribution in [-0.4, -0.2) is 43.4 Å².